The van der Waals surface area contributed by atoms with Gasteiger partial charge in [-0.15, -0.1) is 0 Å². The molecule has 0 aliphatic heterocycles. The number of ether oxygens (including phenoxy) is 1. The van der Waals surface area contributed by atoms with Crippen molar-refractivity contribution < 1.29 is 38.2 Å². The number of ketones is 1. The number of hydrogen-bond donors (Lipinski definition) is 4. The van der Waals surface area contributed by atoms with Crippen LogP contribution in [0, 0.1) is 5.92 Å². The summed E-state index contributed by atoms with van der Waals surface area (Å²) >= 11 is 0. The lowest BCUT2D eigenvalue weighted by Gasteiger charge is -2.24. The molecule has 4 N–H and O–H groups in total. The number of carboxylic acid groups (broad SMARTS) is 1. The molecular weight excluding hydrogens is 460 g/mol. The summed E-state index contributed by atoms with van der Waals surface area (Å²) in [6.45, 7) is 4.77. The van der Waals surface area contributed by atoms with E-state index < -0.39 is 54.2 Å². The van der Waals surface area contributed by atoms with Crippen molar-refractivity contribution in [2.24, 2.45) is 5.92 Å². The average molecular weight is 488 g/mol. The number of alkyl carbamates (subject to hydrolysis) is 1. The molecule has 0 aliphatic rings. The van der Waals surface area contributed by atoms with Gasteiger partial charge in [0, 0.05) is 0 Å². The fourth-order valence-electron chi connectivity index (χ4n) is 2.97. The number of nitrogens with zero attached hydrogens (tertiary/aromatic N) is 1. The van der Waals surface area contributed by atoms with E-state index >= 15 is 0 Å². The van der Waals surface area contributed by atoms with E-state index in [1.165, 1.54) is 13.1 Å². The minimum Gasteiger partial charge on any atom is -0.481 e. The summed E-state index contributed by atoms with van der Waals surface area (Å²) in [5.74, 6) is -4.32. The van der Waals surface area contributed by atoms with Gasteiger partial charge in [-0.3, -0.25) is 19.2 Å². The quantitative estimate of drug-likeness (QED) is 0.320. The second-order valence-corrected chi connectivity index (χ2v) is 8.02. The van der Waals surface area contributed by atoms with Crippen molar-refractivity contribution in [2.45, 2.75) is 51.9 Å². The van der Waals surface area contributed by atoms with Crippen molar-refractivity contribution in [1.29, 1.82) is 0 Å². The van der Waals surface area contributed by atoms with Gasteiger partial charge in [0.1, 0.15) is 31.0 Å². The van der Waals surface area contributed by atoms with Gasteiger partial charge < -0.3 is 30.2 Å². The van der Waals surface area contributed by atoms with Crippen LogP contribution in [0.1, 0.15) is 43.4 Å². The standard InChI is InChI=1S/C23H28N4O8/c1-13(2)18(27-23(33)35-12-15-7-5-4-6-8-15)21(32)25-14(3)20(31)26-16(11-17(28)29)19(30)22-24-9-10-34-22/h4-10,13-14,16,18H,11-12H2,1-3H3,(H,25,32)(H,26,31)(H,27,33)(H,28,29)/t14-,16-,18-/m0/s1. The first-order valence-electron chi connectivity index (χ1n) is 10.8. The van der Waals surface area contributed by atoms with Gasteiger partial charge in [-0.25, -0.2) is 9.78 Å². The van der Waals surface area contributed by atoms with E-state index in [1.54, 1.807) is 38.1 Å². The Bertz CT molecular complexity index is 1020. The molecule has 0 bridgehead atoms. The van der Waals surface area contributed by atoms with E-state index in [1.807, 2.05) is 6.07 Å². The molecule has 0 aliphatic carbocycles. The molecule has 0 saturated carbocycles. The number of oxazole rings is 1. The van der Waals surface area contributed by atoms with Crippen LogP contribution in [0.25, 0.3) is 0 Å². The van der Waals surface area contributed by atoms with Gasteiger partial charge in [-0.1, -0.05) is 44.2 Å². The van der Waals surface area contributed by atoms with Crippen molar-refractivity contribution >= 4 is 29.7 Å². The van der Waals surface area contributed by atoms with Crippen LogP contribution in [0.2, 0.25) is 0 Å². The molecule has 0 unspecified atom stereocenters. The number of aromatic nitrogens is 1. The third kappa shape index (κ3) is 8.57. The van der Waals surface area contributed by atoms with Crippen LogP contribution < -0.4 is 16.0 Å². The molecule has 35 heavy (non-hydrogen) atoms. The summed E-state index contributed by atoms with van der Waals surface area (Å²) in [4.78, 5) is 64.8. The van der Waals surface area contributed by atoms with Crippen molar-refractivity contribution in [3.05, 3.63) is 54.2 Å². The van der Waals surface area contributed by atoms with Gasteiger partial charge >= 0.3 is 12.1 Å². The van der Waals surface area contributed by atoms with Crippen LogP contribution in [0.5, 0.6) is 0 Å². The van der Waals surface area contributed by atoms with Crippen LogP contribution in [0.15, 0.2) is 47.2 Å². The molecule has 188 valence electrons. The Hall–Kier alpha value is -4.22. The topological polar surface area (TPSA) is 177 Å². The summed E-state index contributed by atoms with van der Waals surface area (Å²) < 4.78 is 10.0. The van der Waals surface area contributed by atoms with Crippen molar-refractivity contribution in [3.8, 4) is 0 Å². The van der Waals surface area contributed by atoms with Gasteiger partial charge in [-0.2, -0.15) is 0 Å². The number of hydrogen-bond acceptors (Lipinski definition) is 8. The summed E-state index contributed by atoms with van der Waals surface area (Å²) in [6.07, 6.45) is 0.828. The molecular formula is C23H28N4O8. The number of aliphatic carboxylic acids is 1. The lowest BCUT2D eigenvalue weighted by atomic mass is 10.0. The molecule has 0 saturated heterocycles. The minimum atomic E-state index is -1.45. The van der Waals surface area contributed by atoms with Gasteiger partial charge in [0.05, 0.1) is 12.6 Å². The van der Waals surface area contributed by atoms with Crippen molar-refractivity contribution in [2.75, 3.05) is 0 Å². The fraction of sp³-hybridized carbons (Fsp3) is 0.391. The largest absolute Gasteiger partial charge is 0.481 e. The van der Waals surface area contributed by atoms with Crippen molar-refractivity contribution in [1.82, 2.24) is 20.9 Å². The second-order valence-electron chi connectivity index (χ2n) is 8.02. The molecule has 2 rings (SSSR count). The summed E-state index contributed by atoms with van der Waals surface area (Å²) in [6, 6.07) is 5.37. The number of carboxylic acids is 1. The highest BCUT2D eigenvalue weighted by Crippen LogP contribution is 2.07. The lowest BCUT2D eigenvalue weighted by Crippen LogP contribution is -2.56. The molecule has 3 atom stereocenters. The van der Waals surface area contributed by atoms with E-state index in [-0.39, 0.29) is 18.4 Å². The third-order valence-corrected chi connectivity index (χ3v) is 4.84. The van der Waals surface area contributed by atoms with Crippen LogP contribution in [-0.4, -0.2) is 57.9 Å². The van der Waals surface area contributed by atoms with Gasteiger partial charge in [0.25, 0.3) is 5.89 Å². The van der Waals surface area contributed by atoms with Crippen LogP contribution in [-0.2, 0) is 25.7 Å². The van der Waals surface area contributed by atoms with Crippen LogP contribution in [0.4, 0.5) is 4.79 Å². The predicted octanol–water partition coefficient (Wildman–Crippen LogP) is 1.27. The van der Waals surface area contributed by atoms with E-state index in [4.69, 9.17) is 14.3 Å². The highest BCUT2D eigenvalue weighted by Gasteiger charge is 2.31. The molecule has 0 fully saturated rings. The number of benzene rings is 1. The smallest absolute Gasteiger partial charge is 0.408 e. The zero-order valence-electron chi connectivity index (χ0n) is 19.5. The first-order valence-corrected chi connectivity index (χ1v) is 10.8. The summed E-state index contributed by atoms with van der Waals surface area (Å²) in [5, 5.41) is 16.3. The van der Waals surface area contributed by atoms with E-state index in [9.17, 15) is 24.0 Å². The molecule has 3 amide bonds. The molecule has 1 aromatic heterocycles. The Morgan fingerprint density at radius 3 is 2.26 bits per heavy atom. The average Bonchev–Trinajstić information content (AvgIpc) is 3.35. The maximum atomic E-state index is 12.7. The van der Waals surface area contributed by atoms with Crippen LogP contribution >= 0.6 is 0 Å². The fourth-order valence-corrected chi connectivity index (χ4v) is 2.97. The summed E-state index contributed by atoms with van der Waals surface area (Å²) in [5.41, 5.74) is 0.772. The van der Waals surface area contributed by atoms with Crippen LogP contribution in [0.3, 0.4) is 0 Å². The zero-order valence-corrected chi connectivity index (χ0v) is 19.5. The van der Waals surface area contributed by atoms with Gasteiger partial charge in [-0.05, 0) is 18.4 Å². The van der Waals surface area contributed by atoms with E-state index in [0.717, 1.165) is 11.8 Å². The van der Waals surface area contributed by atoms with E-state index in [0.29, 0.717) is 0 Å². The minimum absolute atomic E-state index is 0.0153. The van der Waals surface area contributed by atoms with Gasteiger partial charge in [0.2, 0.25) is 17.6 Å². The maximum Gasteiger partial charge on any atom is 0.408 e. The highest BCUT2D eigenvalue weighted by molar-refractivity contribution is 6.01. The molecule has 1 heterocycles. The SMILES string of the molecule is CC(C)[C@H](NC(=O)OCc1ccccc1)C(=O)N[C@@H](C)C(=O)N[C@@H](CC(=O)O)C(=O)c1ncco1. The number of rotatable bonds is 12. The molecule has 1 aromatic carbocycles. The maximum absolute atomic E-state index is 12.7. The molecule has 0 radical (unpaired) electrons. The predicted molar refractivity (Wildman–Crippen MR) is 121 cm³/mol. The lowest BCUT2D eigenvalue weighted by molar-refractivity contribution is -0.137. The Morgan fingerprint density at radius 2 is 1.69 bits per heavy atom. The number of amides is 3. The first kappa shape index (κ1) is 27.0. The highest BCUT2D eigenvalue weighted by atomic mass is 16.5. The molecule has 12 nitrogen and oxygen atoms in total. The third-order valence-electron chi connectivity index (χ3n) is 4.84. The molecule has 2 aromatic rings. The first-order chi connectivity index (χ1) is 16.6. The number of carbonyl (C=O) groups is 5. The second kappa shape index (κ2) is 12.9. The number of carbonyl (C=O) groups excluding carboxylic acids is 4. The summed E-state index contributed by atoms with van der Waals surface area (Å²) in [7, 11) is 0. The van der Waals surface area contributed by atoms with Gasteiger partial charge in [0.15, 0.2) is 0 Å². The van der Waals surface area contributed by atoms with E-state index in [2.05, 4.69) is 20.9 Å². The Morgan fingerprint density at radius 1 is 1.00 bits per heavy atom. The number of nitrogens with one attached hydrogen (secondary N) is 3. The Balaban J connectivity index is 1.95. The molecule has 0 spiro atoms. The zero-order chi connectivity index (χ0) is 26.0. The molecule has 12 heteroatoms. The monoisotopic (exact) mass is 488 g/mol. The van der Waals surface area contributed by atoms with Crippen molar-refractivity contribution in [3.63, 3.8) is 0 Å². The number of Topliss-reactive ketones (excluding diaryl/α,β-unsaturated/α-hetero) is 1. The normalized spacial score (nSPS) is 13.3. The Labute approximate surface area is 201 Å². The Kier molecular flexibility index (Phi) is 9.94.